The predicted octanol–water partition coefficient (Wildman–Crippen LogP) is 0.982. The summed E-state index contributed by atoms with van der Waals surface area (Å²) in [5, 5.41) is 3.80. The van der Waals surface area contributed by atoms with Gasteiger partial charge in [0, 0.05) is 18.8 Å². The van der Waals surface area contributed by atoms with Crippen LogP contribution in [0, 0.1) is 0 Å². The van der Waals surface area contributed by atoms with Gasteiger partial charge in [0.25, 0.3) is 0 Å². The molecule has 0 aliphatic rings. The molecule has 0 bridgehead atoms. The fraction of sp³-hybridized carbons (Fsp3) is 0.400. The first-order valence-corrected chi connectivity index (χ1v) is 5.33. The van der Waals surface area contributed by atoms with E-state index in [0.29, 0.717) is 10.2 Å². The van der Waals surface area contributed by atoms with Crippen LogP contribution in [0.4, 0.5) is 3.89 Å². The molecule has 0 spiro atoms. The molecular weight excluding hydrogens is 251 g/mol. The summed E-state index contributed by atoms with van der Waals surface area (Å²) >= 11 is 3.01. The van der Waals surface area contributed by atoms with Crippen LogP contribution in [0.5, 0.6) is 0 Å². The summed E-state index contributed by atoms with van der Waals surface area (Å²) in [7, 11) is -2.85. The van der Waals surface area contributed by atoms with E-state index in [4.69, 9.17) is 0 Å². The van der Waals surface area contributed by atoms with E-state index in [1.807, 2.05) is 0 Å². The van der Waals surface area contributed by atoms with Crippen LogP contribution in [0.3, 0.4) is 0 Å². The van der Waals surface area contributed by atoms with Crippen molar-refractivity contribution in [3.05, 3.63) is 16.4 Å². The van der Waals surface area contributed by atoms with Gasteiger partial charge in [-0.2, -0.15) is 13.5 Å². The van der Waals surface area contributed by atoms with Crippen molar-refractivity contribution in [3.8, 4) is 0 Å². The minimum atomic E-state index is -4.47. The van der Waals surface area contributed by atoms with Crippen LogP contribution in [-0.4, -0.2) is 18.2 Å². The van der Waals surface area contributed by atoms with Crippen LogP contribution in [0.1, 0.15) is 5.56 Å². The molecule has 68 valence electrons. The second-order valence-corrected chi connectivity index (χ2v) is 4.42. The van der Waals surface area contributed by atoms with Gasteiger partial charge >= 0.3 is 10.2 Å². The molecule has 0 aliphatic heterocycles. The van der Waals surface area contributed by atoms with Crippen molar-refractivity contribution >= 4 is 26.2 Å². The Kier molecular flexibility index (Phi) is 2.52. The van der Waals surface area contributed by atoms with Gasteiger partial charge in [0.15, 0.2) is 0 Å². The number of aryl methyl sites for hydroxylation is 1. The second kappa shape index (κ2) is 3.14. The highest BCUT2D eigenvalue weighted by molar-refractivity contribution is 9.10. The quantitative estimate of drug-likeness (QED) is 0.742. The maximum Gasteiger partial charge on any atom is 0.306 e. The smallest absolute Gasteiger partial charge is 0.274 e. The third-order valence-electron chi connectivity index (χ3n) is 1.18. The lowest BCUT2D eigenvalue weighted by Crippen LogP contribution is -1.95. The molecule has 0 saturated heterocycles. The number of hydrogen-bond acceptors (Lipinski definition) is 3. The topological polar surface area (TPSA) is 52.0 Å². The Morgan fingerprint density at radius 3 is 2.67 bits per heavy atom. The van der Waals surface area contributed by atoms with E-state index in [-0.39, 0.29) is 0 Å². The Morgan fingerprint density at radius 2 is 2.33 bits per heavy atom. The number of hydrogen-bond donors (Lipinski definition) is 0. The molecule has 0 radical (unpaired) electrons. The molecule has 1 aromatic rings. The average Bonchev–Trinajstić information content (AvgIpc) is 2.06. The summed E-state index contributed by atoms with van der Waals surface area (Å²) in [6, 6.07) is 0. The van der Waals surface area contributed by atoms with Gasteiger partial charge in [-0.25, -0.2) is 0 Å². The van der Waals surface area contributed by atoms with Gasteiger partial charge in [0.05, 0.1) is 0 Å². The lowest BCUT2D eigenvalue weighted by Gasteiger charge is -1.89. The zero-order chi connectivity index (χ0) is 9.35. The van der Waals surface area contributed by atoms with Gasteiger partial charge in [-0.05, 0) is 15.9 Å². The zero-order valence-electron chi connectivity index (χ0n) is 6.16. The van der Waals surface area contributed by atoms with Gasteiger partial charge in [0.1, 0.15) is 10.4 Å². The monoisotopic (exact) mass is 256 g/mol. The van der Waals surface area contributed by atoms with E-state index >= 15 is 0 Å². The van der Waals surface area contributed by atoms with E-state index in [9.17, 15) is 12.3 Å². The van der Waals surface area contributed by atoms with Gasteiger partial charge in [-0.15, -0.1) is 3.89 Å². The van der Waals surface area contributed by atoms with Crippen molar-refractivity contribution in [3.63, 3.8) is 0 Å². The average molecular weight is 257 g/mol. The third-order valence-corrected chi connectivity index (χ3v) is 2.50. The number of halogens is 2. The van der Waals surface area contributed by atoms with Crippen molar-refractivity contribution in [2.45, 2.75) is 5.75 Å². The van der Waals surface area contributed by atoms with Crippen LogP contribution in [0.25, 0.3) is 0 Å². The molecule has 1 aromatic heterocycles. The lowest BCUT2D eigenvalue weighted by molar-refractivity contribution is 0.551. The molecule has 7 heteroatoms. The predicted molar refractivity (Wildman–Crippen MR) is 44.6 cm³/mol. The molecule has 1 rings (SSSR count). The Bertz CT molecular complexity index is 386. The van der Waals surface area contributed by atoms with Crippen molar-refractivity contribution in [2.75, 3.05) is 0 Å². The van der Waals surface area contributed by atoms with Crippen molar-refractivity contribution in [1.29, 1.82) is 0 Å². The van der Waals surface area contributed by atoms with Gasteiger partial charge in [-0.3, -0.25) is 4.68 Å². The molecule has 0 unspecified atom stereocenters. The first-order chi connectivity index (χ1) is 5.38. The van der Waals surface area contributed by atoms with E-state index in [1.165, 1.54) is 10.9 Å². The first-order valence-electron chi connectivity index (χ1n) is 2.99. The van der Waals surface area contributed by atoms with Crippen LogP contribution in [0.2, 0.25) is 0 Å². The van der Waals surface area contributed by atoms with Crippen LogP contribution >= 0.6 is 15.9 Å². The van der Waals surface area contributed by atoms with E-state index in [0.717, 1.165) is 0 Å². The molecule has 4 nitrogen and oxygen atoms in total. The highest BCUT2D eigenvalue weighted by atomic mass is 79.9. The van der Waals surface area contributed by atoms with Crippen LogP contribution in [-0.2, 0) is 23.0 Å². The van der Waals surface area contributed by atoms with Crippen molar-refractivity contribution in [1.82, 2.24) is 9.78 Å². The summed E-state index contributed by atoms with van der Waals surface area (Å²) in [6.07, 6.45) is 1.45. The molecule has 0 amide bonds. The molecule has 0 atom stereocenters. The molecule has 0 aliphatic carbocycles. The van der Waals surface area contributed by atoms with E-state index in [2.05, 4.69) is 21.0 Å². The Hall–Kier alpha value is -0.430. The number of aromatic nitrogens is 2. The maximum atomic E-state index is 12.2. The molecular formula is C5H6BrFN2O2S. The summed E-state index contributed by atoms with van der Waals surface area (Å²) < 4.78 is 34.4. The lowest BCUT2D eigenvalue weighted by atomic mass is 10.4. The number of rotatable bonds is 2. The standard InChI is InChI=1S/C5H6BrFN2O2S/c1-9-2-4(5(6)8-9)3-12(7,10)11/h2H,3H2,1H3. The largest absolute Gasteiger partial charge is 0.306 e. The van der Waals surface area contributed by atoms with Crippen molar-refractivity contribution < 1.29 is 12.3 Å². The summed E-state index contributed by atoms with van der Waals surface area (Å²) in [6.45, 7) is 0. The Balaban J connectivity index is 2.97. The van der Waals surface area contributed by atoms with Crippen molar-refractivity contribution in [2.24, 2.45) is 7.05 Å². The second-order valence-electron chi connectivity index (χ2n) is 2.30. The minimum absolute atomic E-state index is 0.319. The fourth-order valence-electron chi connectivity index (χ4n) is 0.793. The Morgan fingerprint density at radius 1 is 1.75 bits per heavy atom. The normalized spacial score (nSPS) is 11.9. The molecule has 12 heavy (non-hydrogen) atoms. The fourth-order valence-corrected chi connectivity index (χ4v) is 2.05. The Labute approximate surface area is 77.7 Å². The van der Waals surface area contributed by atoms with E-state index in [1.54, 1.807) is 7.05 Å². The highest BCUT2D eigenvalue weighted by Crippen LogP contribution is 2.16. The molecule has 0 N–H and O–H groups in total. The van der Waals surface area contributed by atoms with Gasteiger partial charge in [0.2, 0.25) is 0 Å². The number of nitrogens with zero attached hydrogens (tertiary/aromatic N) is 2. The first kappa shape index (κ1) is 9.66. The molecule has 1 heterocycles. The summed E-state index contributed by atoms with van der Waals surface area (Å²) in [4.78, 5) is 0. The van der Waals surface area contributed by atoms with E-state index < -0.39 is 16.0 Å². The minimum Gasteiger partial charge on any atom is -0.274 e. The van der Waals surface area contributed by atoms with Crippen LogP contribution < -0.4 is 0 Å². The zero-order valence-corrected chi connectivity index (χ0v) is 8.56. The molecule has 0 fully saturated rings. The van der Waals surface area contributed by atoms with Gasteiger partial charge < -0.3 is 0 Å². The van der Waals surface area contributed by atoms with Gasteiger partial charge in [-0.1, -0.05) is 0 Å². The highest BCUT2D eigenvalue weighted by Gasteiger charge is 2.13. The summed E-state index contributed by atoms with van der Waals surface area (Å²) in [5.74, 6) is -0.637. The summed E-state index contributed by atoms with van der Waals surface area (Å²) in [5.41, 5.74) is 0.319. The maximum absolute atomic E-state index is 12.2. The van der Waals surface area contributed by atoms with Crippen LogP contribution in [0.15, 0.2) is 10.8 Å². The molecule has 0 saturated carbocycles. The SMILES string of the molecule is Cn1cc(CS(=O)(=O)F)c(Br)n1. The third kappa shape index (κ3) is 2.56. The molecule has 0 aromatic carbocycles.